The molecule has 5 nitrogen and oxygen atoms in total. The number of nitrogens with zero attached hydrogens (tertiary/aromatic N) is 4. The number of hydrogen-bond acceptors (Lipinski definition) is 4. The summed E-state index contributed by atoms with van der Waals surface area (Å²) in [5.41, 5.74) is 2.51. The second-order valence-corrected chi connectivity index (χ2v) is 6.71. The van der Waals surface area contributed by atoms with Gasteiger partial charge in [-0.2, -0.15) is 0 Å². The summed E-state index contributed by atoms with van der Waals surface area (Å²) in [4.78, 5) is 25.2. The molecule has 1 aliphatic heterocycles. The molecule has 0 N–H and O–H groups in total. The summed E-state index contributed by atoms with van der Waals surface area (Å²) in [5.74, 6) is 0.0165. The van der Waals surface area contributed by atoms with Crippen molar-refractivity contribution in [3.8, 4) is 11.3 Å². The maximum Gasteiger partial charge on any atom is 0.236 e. The molecule has 1 fully saturated rings. The van der Waals surface area contributed by atoms with Gasteiger partial charge in [-0.15, -0.1) is 0 Å². The second-order valence-electron chi connectivity index (χ2n) is 6.71. The van der Waals surface area contributed by atoms with E-state index in [9.17, 15) is 9.18 Å². The minimum absolute atomic E-state index is 0.141. The molecule has 1 aromatic heterocycles. The fraction of sp³-hybridized carbons (Fsp3) is 0.421. The standard InChI is InChI=1S/C19H23FN4O/c1-23(2)13-17(25)24-11-3-4-15(12-24)19-18(21-9-10-22-19)14-5-7-16(20)8-6-14/h5-10,15H,3-4,11-13H2,1-2H3/t15-/m1/s1. The first-order valence-corrected chi connectivity index (χ1v) is 8.54. The Bertz CT molecular complexity index is 732. The first kappa shape index (κ1) is 17.5. The topological polar surface area (TPSA) is 49.3 Å². The van der Waals surface area contributed by atoms with Crippen molar-refractivity contribution < 1.29 is 9.18 Å². The van der Waals surface area contributed by atoms with Crippen LogP contribution in [0.1, 0.15) is 24.5 Å². The van der Waals surface area contributed by atoms with Crippen molar-refractivity contribution in [3.05, 3.63) is 48.2 Å². The summed E-state index contributed by atoms with van der Waals surface area (Å²) in [6, 6.07) is 6.31. The summed E-state index contributed by atoms with van der Waals surface area (Å²) in [5, 5.41) is 0. The van der Waals surface area contributed by atoms with Gasteiger partial charge in [0.05, 0.1) is 17.9 Å². The molecule has 1 atom stereocenters. The van der Waals surface area contributed by atoms with Crippen LogP contribution in [0.2, 0.25) is 0 Å². The van der Waals surface area contributed by atoms with Gasteiger partial charge in [0.25, 0.3) is 0 Å². The summed E-state index contributed by atoms with van der Waals surface area (Å²) in [7, 11) is 3.79. The molecular formula is C19H23FN4O. The highest BCUT2D eigenvalue weighted by Crippen LogP contribution is 2.31. The molecular weight excluding hydrogens is 319 g/mol. The Hall–Kier alpha value is -2.34. The highest BCUT2D eigenvalue weighted by molar-refractivity contribution is 5.78. The third-order valence-electron chi connectivity index (χ3n) is 4.46. The molecule has 0 aliphatic carbocycles. The largest absolute Gasteiger partial charge is 0.341 e. The molecule has 0 bridgehead atoms. The number of likely N-dealkylation sites (N-methyl/N-ethyl adjacent to an activating group) is 1. The summed E-state index contributed by atoms with van der Waals surface area (Å²) in [6.45, 7) is 1.85. The highest BCUT2D eigenvalue weighted by Gasteiger charge is 2.28. The van der Waals surface area contributed by atoms with E-state index < -0.39 is 0 Å². The maximum absolute atomic E-state index is 13.2. The van der Waals surface area contributed by atoms with Gasteiger partial charge in [0.15, 0.2) is 0 Å². The number of amides is 1. The van der Waals surface area contributed by atoms with Gasteiger partial charge in [0, 0.05) is 37.0 Å². The molecule has 0 saturated carbocycles. The van der Waals surface area contributed by atoms with Crippen molar-refractivity contribution in [2.75, 3.05) is 33.7 Å². The van der Waals surface area contributed by atoms with E-state index in [2.05, 4.69) is 9.97 Å². The van der Waals surface area contributed by atoms with E-state index in [-0.39, 0.29) is 17.6 Å². The molecule has 6 heteroatoms. The Kier molecular flexibility index (Phi) is 5.38. The molecule has 0 unspecified atom stereocenters. The van der Waals surface area contributed by atoms with Crippen LogP contribution in [-0.2, 0) is 4.79 Å². The monoisotopic (exact) mass is 342 g/mol. The number of likely N-dealkylation sites (tertiary alicyclic amines) is 1. The van der Waals surface area contributed by atoms with Crippen LogP contribution < -0.4 is 0 Å². The Morgan fingerprint density at radius 1 is 1.24 bits per heavy atom. The van der Waals surface area contributed by atoms with Crippen LogP contribution >= 0.6 is 0 Å². The van der Waals surface area contributed by atoms with Crippen LogP contribution in [0, 0.1) is 5.82 Å². The van der Waals surface area contributed by atoms with Crippen molar-refractivity contribution >= 4 is 5.91 Å². The Labute approximate surface area is 147 Å². The fourth-order valence-electron chi connectivity index (χ4n) is 3.28. The van der Waals surface area contributed by atoms with Crippen molar-refractivity contribution in [2.24, 2.45) is 0 Å². The lowest BCUT2D eigenvalue weighted by Gasteiger charge is -2.33. The van der Waals surface area contributed by atoms with Gasteiger partial charge in [-0.25, -0.2) is 4.39 Å². The van der Waals surface area contributed by atoms with Crippen LogP contribution in [0.3, 0.4) is 0 Å². The zero-order chi connectivity index (χ0) is 17.8. The zero-order valence-electron chi connectivity index (χ0n) is 14.7. The van der Waals surface area contributed by atoms with E-state index in [0.717, 1.165) is 36.3 Å². The minimum atomic E-state index is -0.271. The number of halogens is 1. The van der Waals surface area contributed by atoms with Gasteiger partial charge in [-0.05, 0) is 51.2 Å². The maximum atomic E-state index is 13.2. The van der Waals surface area contributed by atoms with Crippen molar-refractivity contribution in [1.29, 1.82) is 0 Å². The van der Waals surface area contributed by atoms with Crippen LogP contribution in [0.25, 0.3) is 11.3 Å². The fourth-order valence-corrected chi connectivity index (χ4v) is 3.28. The summed E-state index contributed by atoms with van der Waals surface area (Å²) >= 11 is 0. The Morgan fingerprint density at radius 2 is 1.96 bits per heavy atom. The van der Waals surface area contributed by atoms with E-state index in [1.54, 1.807) is 24.5 Å². The average molecular weight is 342 g/mol. The lowest BCUT2D eigenvalue weighted by atomic mass is 9.91. The predicted molar refractivity (Wildman–Crippen MR) is 94.5 cm³/mol. The minimum Gasteiger partial charge on any atom is -0.341 e. The molecule has 0 spiro atoms. The van der Waals surface area contributed by atoms with E-state index >= 15 is 0 Å². The van der Waals surface area contributed by atoms with E-state index in [1.165, 1.54) is 12.1 Å². The molecule has 132 valence electrons. The molecule has 25 heavy (non-hydrogen) atoms. The Morgan fingerprint density at radius 3 is 2.68 bits per heavy atom. The molecule has 1 aliphatic rings. The van der Waals surface area contributed by atoms with E-state index in [0.29, 0.717) is 13.1 Å². The number of carbonyl (C=O) groups excluding carboxylic acids is 1. The van der Waals surface area contributed by atoms with Crippen molar-refractivity contribution in [1.82, 2.24) is 19.8 Å². The third-order valence-corrected chi connectivity index (χ3v) is 4.46. The number of carbonyl (C=O) groups is 1. The van der Waals surface area contributed by atoms with Gasteiger partial charge in [0.2, 0.25) is 5.91 Å². The first-order chi connectivity index (χ1) is 12.0. The lowest BCUT2D eigenvalue weighted by molar-refractivity contribution is -0.133. The average Bonchev–Trinajstić information content (AvgIpc) is 2.62. The molecule has 0 radical (unpaired) electrons. The van der Waals surface area contributed by atoms with Gasteiger partial charge in [-0.1, -0.05) is 0 Å². The predicted octanol–water partition coefficient (Wildman–Crippen LogP) is 2.55. The number of rotatable bonds is 4. The molecule has 2 aromatic rings. The van der Waals surface area contributed by atoms with E-state index in [1.807, 2.05) is 23.9 Å². The number of hydrogen-bond donors (Lipinski definition) is 0. The number of piperidine rings is 1. The third kappa shape index (κ3) is 4.20. The van der Waals surface area contributed by atoms with E-state index in [4.69, 9.17) is 0 Å². The van der Waals surface area contributed by atoms with Crippen LogP contribution in [0.5, 0.6) is 0 Å². The molecule has 3 rings (SSSR count). The first-order valence-electron chi connectivity index (χ1n) is 8.54. The number of benzene rings is 1. The zero-order valence-corrected chi connectivity index (χ0v) is 14.7. The van der Waals surface area contributed by atoms with Crippen LogP contribution in [-0.4, -0.2) is 59.4 Å². The molecule has 1 amide bonds. The van der Waals surface area contributed by atoms with Gasteiger partial charge in [0.1, 0.15) is 5.82 Å². The quantitative estimate of drug-likeness (QED) is 0.857. The second kappa shape index (κ2) is 7.70. The van der Waals surface area contributed by atoms with Gasteiger partial charge in [-0.3, -0.25) is 14.8 Å². The smallest absolute Gasteiger partial charge is 0.236 e. The van der Waals surface area contributed by atoms with Gasteiger partial charge >= 0.3 is 0 Å². The SMILES string of the molecule is CN(C)CC(=O)N1CCC[C@@H](c2nccnc2-c2ccc(F)cc2)C1. The van der Waals surface area contributed by atoms with Gasteiger partial charge < -0.3 is 9.80 Å². The highest BCUT2D eigenvalue weighted by atomic mass is 19.1. The normalized spacial score (nSPS) is 17.8. The molecule has 1 saturated heterocycles. The molecule has 1 aromatic carbocycles. The summed E-state index contributed by atoms with van der Waals surface area (Å²) in [6.07, 6.45) is 5.25. The number of aromatic nitrogens is 2. The van der Waals surface area contributed by atoms with Crippen LogP contribution in [0.4, 0.5) is 4.39 Å². The lowest BCUT2D eigenvalue weighted by Crippen LogP contribution is -2.43. The van der Waals surface area contributed by atoms with Crippen molar-refractivity contribution in [2.45, 2.75) is 18.8 Å². The van der Waals surface area contributed by atoms with Crippen LogP contribution in [0.15, 0.2) is 36.7 Å². The van der Waals surface area contributed by atoms with Crippen molar-refractivity contribution in [3.63, 3.8) is 0 Å². The summed E-state index contributed by atoms with van der Waals surface area (Å²) < 4.78 is 13.2. The molecule has 2 heterocycles. The Balaban J connectivity index is 1.84.